The minimum Gasteiger partial charge on any atom is -0.450 e. The summed E-state index contributed by atoms with van der Waals surface area (Å²) < 4.78 is 11.8. The smallest absolute Gasteiger partial charge is 0.231 e. The van der Waals surface area contributed by atoms with Crippen molar-refractivity contribution in [1.29, 1.82) is 0 Å². The van der Waals surface area contributed by atoms with Crippen LogP contribution in [-0.4, -0.2) is 51.5 Å². The van der Waals surface area contributed by atoms with E-state index < -0.39 is 0 Å². The Balaban J connectivity index is 1.37. The molecular weight excluding hydrogens is 406 g/mol. The highest BCUT2D eigenvalue weighted by Crippen LogP contribution is 2.35. The van der Waals surface area contributed by atoms with E-state index in [1.807, 2.05) is 18.2 Å². The van der Waals surface area contributed by atoms with Crippen LogP contribution in [0.3, 0.4) is 0 Å². The van der Waals surface area contributed by atoms with Crippen LogP contribution in [0.1, 0.15) is 37.3 Å². The molecule has 0 spiro atoms. The second-order valence-electron chi connectivity index (χ2n) is 8.35. The molecule has 1 saturated carbocycles. The minimum absolute atomic E-state index is 0.505. The van der Waals surface area contributed by atoms with Crippen LogP contribution in [0.25, 0.3) is 22.4 Å². The molecule has 0 aromatic carbocycles. The molecule has 2 N–H and O–H groups in total. The molecule has 164 valence electrons. The van der Waals surface area contributed by atoms with Gasteiger partial charge >= 0.3 is 0 Å². The van der Waals surface area contributed by atoms with Crippen molar-refractivity contribution in [3.05, 3.63) is 42.4 Å². The lowest BCUT2D eigenvalue weighted by Crippen LogP contribution is -2.37. The first kappa shape index (κ1) is 19.2. The summed E-state index contributed by atoms with van der Waals surface area (Å²) in [6, 6.07) is 7.88. The van der Waals surface area contributed by atoms with Crippen molar-refractivity contribution in [2.75, 3.05) is 36.5 Å². The first-order chi connectivity index (χ1) is 15.8. The van der Waals surface area contributed by atoms with Crippen molar-refractivity contribution < 1.29 is 9.15 Å². The minimum atomic E-state index is 0.505. The highest BCUT2D eigenvalue weighted by atomic mass is 16.5. The maximum Gasteiger partial charge on any atom is 0.231 e. The van der Waals surface area contributed by atoms with E-state index in [4.69, 9.17) is 19.1 Å². The fourth-order valence-electron chi connectivity index (χ4n) is 4.58. The van der Waals surface area contributed by atoms with Gasteiger partial charge in [0.05, 0.1) is 13.2 Å². The number of nitrogens with zero attached hydrogens (tertiary/aromatic N) is 5. The zero-order valence-electron chi connectivity index (χ0n) is 17.8. The molecule has 0 bridgehead atoms. The highest BCUT2D eigenvalue weighted by molar-refractivity contribution is 5.89. The van der Waals surface area contributed by atoms with Crippen molar-refractivity contribution in [1.82, 2.24) is 25.1 Å². The molecule has 1 aliphatic heterocycles. The molecule has 5 heterocycles. The van der Waals surface area contributed by atoms with E-state index >= 15 is 0 Å². The Hall–Kier alpha value is -3.46. The molecule has 32 heavy (non-hydrogen) atoms. The van der Waals surface area contributed by atoms with Crippen LogP contribution in [-0.2, 0) is 4.74 Å². The number of furan rings is 1. The monoisotopic (exact) mass is 431 g/mol. The lowest BCUT2D eigenvalue weighted by Gasteiger charge is -2.27. The molecular formula is C23H25N7O2. The number of H-pyrrole nitrogens is 1. The second kappa shape index (κ2) is 8.23. The van der Waals surface area contributed by atoms with Crippen LogP contribution in [0, 0.1) is 0 Å². The molecule has 2 fully saturated rings. The normalized spacial score (nSPS) is 17.3. The van der Waals surface area contributed by atoms with Crippen LogP contribution in [0.2, 0.25) is 0 Å². The number of aromatic amines is 1. The summed E-state index contributed by atoms with van der Waals surface area (Å²) in [5.74, 6) is 3.32. The fourth-order valence-corrected chi connectivity index (χ4v) is 4.58. The number of hydrogen-bond acceptors (Lipinski definition) is 8. The van der Waals surface area contributed by atoms with Crippen LogP contribution in [0.4, 0.5) is 17.6 Å². The molecule has 9 nitrogen and oxygen atoms in total. The van der Waals surface area contributed by atoms with Gasteiger partial charge in [-0.05, 0) is 25.0 Å². The Labute approximate surface area is 185 Å². The molecule has 9 heteroatoms. The Kier molecular flexibility index (Phi) is 4.95. The van der Waals surface area contributed by atoms with Gasteiger partial charge in [0, 0.05) is 54.8 Å². The average Bonchev–Trinajstić information content (AvgIpc) is 3.60. The molecule has 2 aliphatic rings. The SMILES string of the molecule is c1cc(-c2cc3nc(Nc4cc(C5CCCC5)[nH]n4)nc(N4CCOCC4)c3o2)ccn1. The van der Waals surface area contributed by atoms with Crippen LogP contribution in [0.15, 0.2) is 41.1 Å². The summed E-state index contributed by atoms with van der Waals surface area (Å²) in [6.45, 7) is 2.84. The van der Waals surface area contributed by atoms with Gasteiger partial charge in [0.25, 0.3) is 0 Å². The standard InChI is InChI=1S/C23H25N7O2/c1-2-4-15(3-1)17-14-20(29-28-17)26-23-25-18-13-19(16-5-7-24-8-6-16)32-21(18)22(27-23)30-9-11-31-12-10-30/h5-8,13-15H,1-4,9-12H2,(H2,25,26,27,28,29). The average molecular weight is 432 g/mol. The Morgan fingerprint density at radius 3 is 2.66 bits per heavy atom. The molecule has 0 radical (unpaired) electrons. The number of hydrogen-bond donors (Lipinski definition) is 2. The van der Waals surface area contributed by atoms with Gasteiger partial charge in [0.1, 0.15) is 11.3 Å². The summed E-state index contributed by atoms with van der Waals surface area (Å²) in [5.41, 5.74) is 3.57. The third-order valence-electron chi connectivity index (χ3n) is 6.26. The van der Waals surface area contributed by atoms with Crippen LogP contribution < -0.4 is 10.2 Å². The van der Waals surface area contributed by atoms with Gasteiger partial charge in [-0.3, -0.25) is 10.1 Å². The van der Waals surface area contributed by atoms with Crippen LogP contribution >= 0.6 is 0 Å². The number of morpholine rings is 1. The van der Waals surface area contributed by atoms with Crippen LogP contribution in [0.5, 0.6) is 0 Å². The maximum absolute atomic E-state index is 6.23. The molecule has 0 unspecified atom stereocenters. The number of fused-ring (bicyclic) bond motifs is 1. The lowest BCUT2D eigenvalue weighted by atomic mass is 10.0. The number of aromatic nitrogens is 5. The van der Waals surface area contributed by atoms with Gasteiger partial charge in [-0.1, -0.05) is 12.8 Å². The molecule has 1 saturated heterocycles. The van der Waals surface area contributed by atoms with E-state index in [0.29, 0.717) is 30.7 Å². The second-order valence-corrected chi connectivity index (χ2v) is 8.35. The van der Waals surface area contributed by atoms with Crippen molar-refractivity contribution in [2.24, 2.45) is 0 Å². The number of pyridine rings is 1. The number of nitrogens with one attached hydrogen (secondary N) is 2. The van der Waals surface area contributed by atoms with Gasteiger partial charge in [0.15, 0.2) is 17.2 Å². The number of anilines is 3. The van der Waals surface area contributed by atoms with Crippen molar-refractivity contribution in [3.8, 4) is 11.3 Å². The topological polar surface area (TPSA) is 105 Å². The predicted octanol–water partition coefficient (Wildman–Crippen LogP) is 4.25. The summed E-state index contributed by atoms with van der Waals surface area (Å²) in [6.07, 6.45) is 8.52. The van der Waals surface area contributed by atoms with Crippen molar-refractivity contribution in [3.63, 3.8) is 0 Å². The van der Waals surface area contributed by atoms with E-state index in [1.165, 1.54) is 31.4 Å². The predicted molar refractivity (Wildman–Crippen MR) is 121 cm³/mol. The Bertz CT molecular complexity index is 1210. The maximum atomic E-state index is 6.23. The van der Waals surface area contributed by atoms with E-state index in [1.54, 1.807) is 12.4 Å². The fraction of sp³-hybridized carbons (Fsp3) is 0.391. The highest BCUT2D eigenvalue weighted by Gasteiger charge is 2.23. The zero-order chi connectivity index (χ0) is 21.3. The molecule has 4 aromatic rings. The van der Waals surface area contributed by atoms with E-state index in [0.717, 1.165) is 41.6 Å². The van der Waals surface area contributed by atoms with Gasteiger partial charge in [-0.15, -0.1) is 0 Å². The van der Waals surface area contributed by atoms with E-state index in [9.17, 15) is 0 Å². The first-order valence-corrected chi connectivity index (χ1v) is 11.2. The molecule has 4 aromatic heterocycles. The number of rotatable bonds is 5. The summed E-state index contributed by atoms with van der Waals surface area (Å²) >= 11 is 0. The zero-order valence-corrected chi connectivity index (χ0v) is 17.8. The summed E-state index contributed by atoms with van der Waals surface area (Å²) in [4.78, 5) is 15.8. The van der Waals surface area contributed by atoms with Gasteiger partial charge < -0.3 is 19.4 Å². The Morgan fingerprint density at radius 1 is 1.03 bits per heavy atom. The lowest BCUT2D eigenvalue weighted by molar-refractivity contribution is 0.122. The summed E-state index contributed by atoms with van der Waals surface area (Å²) in [5, 5.41) is 10.9. The molecule has 0 atom stereocenters. The number of ether oxygens (including phenoxy) is 1. The largest absolute Gasteiger partial charge is 0.450 e. The van der Waals surface area contributed by atoms with Gasteiger partial charge in [0.2, 0.25) is 5.95 Å². The summed E-state index contributed by atoms with van der Waals surface area (Å²) in [7, 11) is 0. The van der Waals surface area contributed by atoms with Crippen molar-refractivity contribution in [2.45, 2.75) is 31.6 Å². The van der Waals surface area contributed by atoms with E-state index in [-0.39, 0.29) is 0 Å². The molecule has 1 aliphatic carbocycles. The molecule has 6 rings (SSSR count). The van der Waals surface area contributed by atoms with Gasteiger partial charge in [-0.25, -0.2) is 4.98 Å². The third kappa shape index (κ3) is 3.69. The molecule has 0 amide bonds. The first-order valence-electron chi connectivity index (χ1n) is 11.2. The quantitative estimate of drug-likeness (QED) is 0.483. The van der Waals surface area contributed by atoms with Crippen molar-refractivity contribution >= 4 is 28.7 Å². The Morgan fingerprint density at radius 2 is 1.84 bits per heavy atom. The van der Waals surface area contributed by atoms with Gasteiger partial charge in [-0.2, -0.15) is 10.1 Å². The van der Waals surface area contributed by atoms with E-state index in [2.05, 4.69) is 31.5 Å². The third-order valence-corrected chi connectivity index (χ3v) is 6.26.